The molecule has 2 saturated heterocycles. The van der Waals surface area contributed by atoms with Crippen molar-refractivity contribution < 1.29 is 18.7 Å². The summed E-state index contributed by atoms with van der Waals surface area (Å²) in [5.41, 5.74) is 2.50. The summed E-state index contributed by atoms with van der Waals surface area (Å²) in [7, 11) is 0. The Balaban J connectivity index is 1.24. The Morgan fingerprint density at radius 2 is 1.89 bits per heavy atom. The molecular weight excluding hydrogens is 652 g/mol. The highest BCUT2D eigenvalue weighted by molar-refractivity contribution is 7.80. The molecule has 2 aromatic carbocycles. The molecule has 2 aromatic heterocycles. The van der Waals surface area contributed by atoms with E-state index in [0.717, 1.165) is 57.9 Å². The summed E-state index contributed by atoms with van der Waals surface area (Å²) >= 11 is 16.9. The molecule has 14 heteroatoms. The number of carbonyl (C=O) groups is 1. The third-order valence-corrected chi connectivity index (χ3v) is 9.29. The molecule has 1 amide bonds. The first-order valence-corrected chi connectivity index (χ1v) is 16.7. The minimum absolute atomic E-state index is 0.114. The lowest BCUT2D eigenvalue weighted by molar-refractivity contribution is -0.115. The van der Waals surface area contributed by atoms with Gasteiger partial charge in [0.05, 0.1) is 34.5 Å². The van der Waals surface area contributed by atoms with Crippen molar-refractivity contribution in [2.75, 3.05) is 60.7 Å². The van der Waals surface area contributed by atoms with Gasteiger partial charge in [0.25, 0.3) is 0 Å². The van der Waals surface area contributed by atoms with Crippen LogP contribution in [0.15, 0.2) is 42.7 Å². The molecule has 2 aliphatic heterocycles. The second-order valence-electron chi connectivity index (χ2n) is 11.4. The number of rotatable bonds is 10. The lowest BCUT2D eigenvalue weighted by Gasteiger charge is -2.41. The number of piperidine rings is 1. The molecule has 0 aliphatic carbocycles. The number of aromatic amines is 1. The number of hydrogen-bond acceptors (Lipinski definition) is 9. The fourth-order valence-electron chi connectivity index (χ4n) is 6.10. The van der Waals surface area contributed by atoms with Gasteiger partial charge in [-0.2, -0.15) is 17.7 Å². The van der Waals surface area contributed by atoms with E-state index >= 15 is 4.39 Å². The summed E-state index contributed by atoms with van der Waals surface area (Å²) in [6, 6.07) is 9.24. The Hall–Kier alpha value is -3.29. The molecule has 0 saturated carbocycles. The Morgan fingerprint density at radius 1 is 1.15 bits per heavy atom. The fraction of sp³-hybridized carbons (Fsp3) is 0.406. The van der Waals surface area contributed by atoms with E-state index in [1.54, 1.807) is 12.1 Å². The highest BCUT2D eigenvalue weighted by atomic mass is 35.5. The number of nitrogens with zero attached hydrogens (tertiary/aromatic N) is 4. The van der Waals surface area contributed by atoms with Crippen molar-refractivity contribution in [2.24, 2.45) is 0 Å². The predicted octanol–water partition coefficient (Wildman–Crippen LogP) is 6.85. The molecule has 244 valence electrons. The van der Waals surface area contributed by atoms with E-state index in [-0.39, 0.29) is 18.0 Å². The number of amides is 1. The topological polar surface area (TPSA) is 108 Å². The molecule has 0 bridgehead atoms. The van der Waals surface area contributed by atoms with Crippen molar-refractivity contribution in [1.82, 2.24) is 20.1 Å². The molecule has 4 heterocycles. The third-order valence-electron chi connectivity index (χ3n) is 8.47. The zero-order valence-corrected chi connectivity index (χ0v) is 27.8. The summed E-state index contributed by atoms with van der Waals surface area (Å²) in [4.78, 5) is 21.4. The van der Waals surface area contributed by atoms with Crippen molar-refractivity contribution in [1.29, 1.82) is 0 Å². The Labute approximate surface area is 282 Å². The summed E-state index contributed by atoms with van der Waals surface area (Å²) in [6.45, 7) is 6.85. The maximum absolute atomic E-state index is 16.0. The molecule has 4 aromatic rings. The average Bonchev–Trinajstić information content (AvgIpc) is 3.45. The molecule has 2 fully saturated rings. The van der Waals surface area contributed by atoms with Gasteiger partial charge in [0.15, 0.2) is 11.6 Å². The fourth-order valence-corrected chi connectivity index (χ4v) is 6.97. The third kappa shape index (κ3) is 7.31. The van der Waals surface area contributed by atoms with Gasteiger partial charge in [-0.1, -0.05) is 23.2 Å². The minimum atomic E-state index is -0.506. The number of hydrogen-bond donors (Lipinski definition) is 4. The van der Waals surface area contributed by atoms with Gasteiger partial charge >= 0.3 is 0 Å². The molecule has 3 N–H and O–H groups in total. The first kappa shape index (κ1) is 32.6. The van der Waals surface area contributed by atoms with Crippen LogP contribution in [0.4, 0.5) is 27.3 Å². The van der Waals surface area contributed by atoms with Gasteiger partial charge in [-0.25, -0.2) is 4.39 Å². The summed E-state index contributed by atoms with van der Waals surface area (Å²) in [5.74, 6) is 0.508. The molecular formula is C32H36Cl2FN7O3S. The van der Waals surface area contributed by atoms with Crippen LogP contribution in [0, 0.1) is 5.82 Å². The van der Waals surface area contributed by atoms with Gasteiger partial charge in [0.1, 0.15) is 17.5 Å². The molecule has 0 unspecified atom stereocenters. The number of nitrogens with one attached hydrogen (secondary N) is 3. The van der Waals surface area contributed by atoms with Crippen LogP contribution in [0.1, 0.15) is 37.9 Å². The number of thiol groups is 1. The number of carbonyl (C=O) groups excluding carboxylic acids is 1. The number of fused-ring (bicyclic) bond motifs is 1. The van der Waals surface area contributed by atoms with Crippen LogP contribution in [0.2, 0.25) is 10.0 Å². The summed E-state index contributed by atoms with van der Waals surface area (Å²) in [5, 5.41) is 14.9. The quantitative estimate of drug-likeness (QED) is 0.134. The van der Waals surface area contributed by atoms with Crippen molar-refractivity contribution in [3.05, 3.63) is 64.2 Å². The zero-order valence-electron chi connectivity index (χ0n) is 25.4. The number of halogens is 3. The van der Waals surface area contributed by atoms with Crippen molar-refractivity contribution in [2.45, 2.75) is 38.3 Å². The summed E-state index contributed by atoms with van der Waals surface area (Å²) < 4.78 is 27.7. The normalized spacial score (nSPS) is 16.8. The predicted molar refractivity (Wildman–Crippen MR) is 184 cm³/mol. The minimum Gasteiger partial charge on any atom is -0.486 e. The number of pyridine rings is 1. The average molecular weight is 689 g/mol. The number of anilines is 4. The van der Waals surface area contributed by atoms with Crippen LogP contribution in [0.3, 0.4) is 0 Å². The van der Waals surface area contributed by atoms with Crippen LogP contribution >= 0.6 is 35.8 Å². The number of morpholine rings is 1. The summed E-state index contributed by atoms with van der Waals surface area (Å²) in [6.07, 6.45) is 4.71. The lowest BCUT2D eigenvalue weighted by atomic mass is 10.0. The number of ether oxygens (including phenoxy) is 2. The molecule has 10 nitrogen and oxygen atoms in total. The van der Waals surface area contributed by atoms with E-state index in [9.17, 15) is 4.79 Å². The number of H-pyrrole nitrogens is 1. The van der Waals surface area contributed by atoms with Gasteiger partial charge in [-0.15, -0.1) is 0 Å². The lowest BCUT2D eigenvalue weighted by Crippen LogP contribution is -2.49. The van der Waals surface area contributed by atoms with E-state index in [0.29, 0.717) is 55.6 Å². The van der Waals surface area contributed by atoms with Gasteiger partial charge in [-0.05, 0) is 55.9 Å². The van der Waals surface area contributed by atoms with Crippen molar-refractivity contribution in [3.63, 3.8) is 0 Å². The molecule has 0 radical (unpaired) electrons. The first-order valence-electron chi connectivity index (χ1n) is 15.3. The molecule has 6 rings (SSSR count). The van der Waals surface area contributed by atoms with Gasteiger partial charge in [0.2, 0.25) is 5.91 Å². The van der Waals surface area contributed by atoms with E-state index in [1.807, 2.05) is 19.1 Å². The van der Waals surface area contributed by atoms with E-state index in [2.05, 4.69) is 48.2 Å². The molecule has 1 atom stereocenters. The molecule has 46 heavy (non-hydrogen) atoms. The molecule has 2 aliphatic rings. The van der Waals surface area contributed by atoms with Gasteiger partial charge in [0, 0.05) is 67.7 Å². The largest absolute Gasteiger partial charge is 0.486 e. The van der Waals surface area contributed by atoms with E-state index < -0.39 is 11.9 Å². The Bertz CT molecular complexity index is 1680. The second kappa shape index (κ2) is 14.6. The Morgan fingerprint density at radius 3 is 2.61 bits per heavy atom. The second-order valence-corrected chi connectivity index (χ2v) is 12.7. The highest BCUT2D eigenvalue weighted by Gasteiger charge is 2.27. The molecule has 0 spiro atoms. The number of aromatic nitrogens is 3. The SMILES string of the molecule is C[C@@H](Oc1ccc2[nH]nc(Nc3c(F)cc(N4CCC(N5CCOCC5)CC4)cc3NC(=O)CCS)c2c1)c1c(Cl)cncc1Cl. The van der Waals surface area contributed by atoms with E-state index in [4.69, 9.17) is 32.7 Å². The Kier molecular flexibility index (Phi) is 10.4. The van der Waals surface area contributed by atoms with Crippen molar-refractivity contribution >= 4 is 75.5 Å². The van der Waals surface area contributed by atoms with Crippen LogP contribution < -0.4 is 20.3 Å². The van der Waals surface area contributed by atoms with Crippen LogP contribution in [0.5, 0.6) is 5.75 Å². The van der Waals surface area contributed by atoms with Crippen LogP contribution in [-0.4, -0.2) is 77.2 Å². The standard InChI is InChI=1S/C32H36Cl2FN7O3S/c1-19(30-24(33)17-36-18-25(30)34)45-22-2-3-27-23(16-22)32(40-39-27)38-31-26(35)14-21(15-28(31)37-29(43)6-13-46)41-7-4-20(5-8-41)42-9-11-44-12-10-42/h2-3,14-20,46H,4-13H2,1H3,(H,37,43)(H2,38,39,40)/t19-/m1/s1. The first-order chi connectivity index (χ1) is 22.3. The van der Waals surface area contributed by atoms with Crippen molar-refractivity contribution in [3.8, 4) is 5.75 Å². The van der Waals surface area contributed by atoms with Crippen LogP contribution in [0.25, 0.3) is 10.9 Å². The monoisotopic (exact) mass is 687 g/mol. The number of benzene rings is 2. The van der Waals surface area contributed by atoms with Gasteiger partial charge in [-0.3, -0.25) is 19.8 Å². The smallest absolute Gasteiger partial charge is 0.225 e. The maximum atomic E-state index is 16.0. The van der Waals surface area contributed by atoms with Gasteiger partial charge < -0.3 is 25.0 Å². The van der Waals surface area contributed by atoms with E-state index in [1.165, 1.54) is 18.5 Å². The highest BCUT2D eigenvalue weighted by Crippen LogP contribution is 2.38. The van der Waals surface area contributed by atoms with Crippen LogP contribution in [-0.2, 0) is 9.53 Å². The zero-order chi connectivity index (χ0) is 32.2. The maximum Gasteiger partial charge on any atom is 0.225 e.